The molecule has 2 rings (SSSR count). The van der Waals surface area contributed by atoms with Crippen LogP contribution in [0.2, 0.25) is 0 Å². The Labute approximate surface area is 123 Å². The zero-order valence-corrected chi connectivity index (χ0v) is 11.9. The van der Waals surface area contributed by atoms with E-state index < -0.39 is 0 Å². The molecule has 2 N–H and O–H groups in total. The van der Waals surface area contributed by atoms with Gasteiger partial charge < -0.3 is 19.6 Å². The SMILES string of the molecule is NC(=S)c1ccccc1OCCCOCc1ccco1. The van der Waals surface area contributed by atoms with Gasteiger partial charge in [-0.2, -0.15) is 0 Å². The molecule has 0 aliphatic rings. The topological polar surface area (TPSA) is 57.6 Å². The highest BCUT2D eigenvalue weighted by Gasteiger charge is 2.04. The number of hydrogen-bond donors (Lipinski definition) is 1. The Bertz CT molecular complexity index is 540. The van der Waals surface area contributed by atoms with Crippen LogP contribution in [0.1, 0.15) is 17.7 Å². The van der Waals surface area contributed by atoms with Gasteiger partial charge in [-0.25, -0.2) is 0 Å². The lowest BCUT2D eigenvalue weighted by molar-refractivity contribution is 0.0943. The van der Waals surface area contributed by atoms with Gasteiger partial charge >= 0.3 is 0 Å². The predicted molar refractivity (Wildman–Crippen MR) is 80.8 cm³/mol. The van der Waals surface area contributed by atoms with E-state index in [1.165, 1.54) is 0 Å². The monoisotopic (exact) mass is 291 g/mol. The van der Waals surface area contributed by atoms with Crippen LogP contribution in [0, 0.1) is 0 Å². The smallest absolute Gasteiger partial charge is 0.129 e. The second kappa shape index (κ2) is 7.67. The summed E-state index contributed by atoms with van der Waals surface area (Å²) in [6, 6.07) is 11.2. The van der Waals surface area contributed by atoms with E-state index in [4.69, 9.17) is 31.8 Å². The Kier molecular flexibility index (Phi) is 5.58. The molecule has 0 radical (unpaired) electrons. The minimum Gasteiger partial charge on any atom is -0.493 e. The molecule has 1 heterocycles. The molecule has 0 aliphatic heterocycles. The number of furan rings is 1. The zero-order chi connectivity index (χ0) is 14.2. The summed E-state index contributed by atoms with van der Waals surface area (Å²) in [5.74, 6) is 1.54. The van der Waals surface area contributed by atoms with Crippen LogP contribution in [0.5, 0.6) is 5.75 Å². The van der Waals surface area contributed by atoms with Crippen molar-refractivity contribution in [3.05, 3.63) is 54.0 Å². The van der Waals surface area contributed by atoms with Crippen LogP contribution in [0.3, 0.4) is 0 Å². The van der Waals surface area contributed by atoms with Crippen LogP contribution in [0.15, 0.2) is 47.1 Å². The summed E-state index contributed by atoms with van der Waals surface area (Å²) < 4.78 is 16.3. The Hall–Kier alpha value is -1.85. The van der Waals surface area contributed by atoms with Gasteiger partial charge in [0.15, 0.2) is 0 Å². The van der Waals surface area contributed by atoms with Gasteiger partial charge in [0.25, 0.3) is 0 Å². The molecule has 0 unspecified atom stereocenters. The first-order valence-electron chi connectivity index (χ1n) is 6.39. The third-order valence-corrected chi connectivity index (χ3v) is 2.89. The summed E-state index contributed by atoms with van der Waals surface area (Å²) in [6.45, 7) is 1.64. The quantitative estimate of drug-likeness (QED) is 0.598. The van der Waals surface area contributed by atoms with E-state index in [0.717, 1.165) is 17.7 Å². The van der Waals surface area contributed by atoms with E-state index in [0.29, 0.717) is 30.6 Å². The van der Waals surface area contributed by atoms with Crippen LogP contribution < -0.4 is 10.5 Å². The van der Waals surface area contributed by atoms with Crippen LogP contribution in [0.4, 0.5) is 0 Å². The summed E-state index contributed by atoms with van der Waals surface area (Å²) >= 11 is 4.98. The molecule has 0 aliphatic carbocycles. The minimum atomic E-state index is 0.342. The van der Waals surface area contributed by atoms with Crippen molar-refractivity contribution >= 4 is 17.2 Å². The van der Waals surface area contributed by atoms with Gasteiger partial charge in [-0.1, -0.05) is 24.4 Å². The van der Waals surface area contributed by atoms with Gasteiger partial charge in [0.2, 0.25) is 0 Å². The maximum Gasteiger partial charge on any atom is 0.129 e. The Morgan fingerprint density at radius 1 is 1.15 bits per heavy atom. The second-order valence-corrected chi connectivity index (χ2v) is 4.63. The molecule has 0 amide bonds. The van der Waals surface area contributed by atoms with Crippen molar-refractivity contribution in [2.45, 2.75) is 13.0 Å². The average Bonchev–Trinajstić information content (AvgIpc) is 2.96. The fraction of sp³-hybridized carbons (Fsp3) is 0.267. The van der Waals surface area contributed by atoms with Gasteiger partial charge in [0.05, 0.1) is 25.0 Å². The molecule has 1 aromatic carbocycles. The Morgan fingerprint density at radius 3 is 2.75 bits per heavy atom. The standard InChI is InChI=1S/C15H17NO3S/c16-15(20)13-6-1-2-7-14(13)19-10-4-8-17-11-12-5-3-9-18-12/h1-3,5-7,9H,4,8,10-11H2,(H2,16,20). The minimum absolute atomic E-state index is 0.342. The van der Waals surface area contributed by atoms with Gasteiger partial charge in [0, 0.05) is 6.42 Å². The maximum atomic E-state index is 5.66. The summed E-state index contributed by atoms with van der Waals surface area (Å²) in [5, 5.41) is 0. The molecular weight excluding hydrogens is 274 g/mol. The van der Waals surface area contributed by atoms with E-state index in [1.54, 1.807) is 6.26 Å². The van der Waals surface area contributed by atoms with E-state index in [-0.39, 0.29) is 0 Å². The molecular formula is C15H17NO3S. The summed E-state index contributed by atoms with van der Waals surface area (Å²) in [6.07, 6.45) is 2.42. The van der Waals surface area contributed by atoms with Gasteiger partial charge in [-0.3, -0.25) is 0 Å². The van der Waals surface area contributed by atoms with Crippen LogP contribution >= 0.6 is 12.2 Å². The lowest BCUT2D eigenvalue weighted by Crippen LogP contribution is -2.12. The number of para-hydroxylation sites is 1. The van der Waals surface area contributed by atoms with Crippen molar-refractivity contribution < 1.29 is 13.9 Å². The predicted octanol–water partition coefficient (Wildman–Crippen LogP) is 2.90. The van der Waals surface area contributed by atoms with Crippen LogP contribution in [-0.4, -0.2) is 18.2 Å². The molecule has 0 saturated carbocycles. The van der Waals surface area contributed by atoms with Crippen molar-refractivity contribution in [3.8, 4) is 5.75 Å². The van der Waals surface area contributed by atoms with Gasteiger partial charge in [-0.05, 0) is 24.3 Å². The largest absolute Gasteiger partial charge is 0.493 e. The highest BCUT2D eigenvalue weighted by Crippen LogP contribution is 2.17. The second-order valence-electron chi connectivity index (χ2n) is 4.19. The van der Waals surface area contributed by atoms with Crippen molar-refractivity contribution in [1.82, 2.24) is 0 Å². The normalized spacial score (nSPS) is 10.4. The van der Waals surface area contributed by atoms with Crippen molar-refractivity contribution in [3.63, 3.8) is 0 Å². The number of rotatable bonds is 8. The molecule has 0 saturated heterocycles. The van der Waals surface area contributed by atoms with Gasteiger partial charge in [0.1, 0.15) is 23.1 Å². The number of benzene rings is 1. The van der Waals surface area contributed by atoms with Crippen LogP contribution in [0.25, 0.3) is 0 Å². The van der Waals surface area contributed by atoms with Gasteiger partial charge in [-0.15, -0.1) is 0 Å². The van der Waals surface area contributed by atoms with E-state index in [9.17, 15) is 0 Å². The fourth-order valence-electron chi connectivity index (χ4n) is 1.71. The first-order chi connectivity index (χ1) is 9.77. The summed E-state index contributed by atoms with van der Waals surface area (Å²) in [5.41, 5.74) is 6.40. The molecule has 0 atom stereocenters. The van der Waals surface area contributed by atoms with E-state index >= 15 is 0 Å². The third kappa shape index (κ3) is 4.36. The van der Waals surface area contributed by atoms with E-state index in [2.05, 4.69) is 0 Å². The molecule has 4 nitrogen and oxygen atoms in total. The molecule has 0 spiro atoms. The summed E-state index contributed by atoms with van der Waals surface area (Å²) in [7, 11) is 0. The average molecular weight is 291 g/mol. The first-order valence-corrected chi connectivity index (χ1v) is 6.80. The lowest BCUT2D eigenvalue weighted by atomic mass is 10.2. The molecule has 2 aromatic rings. The molecule has 1 aromatic heterocycles. The highest BCUT2D eigenvalue weighted by atomic mass is 32.1. The first kappa shape index (κ1) is 14.6. The van der Waals surface area contributed by atoms with Crippen molar-refractivity contribution in [2.75, 3.05) is 13.2 Å². The number of ether oxygens (including phenoxy) is 2. The highest BCUT2D eigenvalue weighted by molar-refractivity contribution is 7.80. The van der Waals surface area contributed by atoms with Crippen LogP contribution in [-0.2, 0) is 11.3 Å². The number of hydrogen-bond acceptors (Lipinski definition) is 4. The Morgan fingerprint density at radius 2 is 2.00 bits per heavy atom. The van der Waals surface area contributed by atoms with Crippen molar-refractivity contribution in [2.24, 2.45) is 5.73 Å². The summed E-state index contributed by atoms with van der Waals surface area (Å²) in [4.78, 5) is 0.342. The molecule has 106 valence electrons. The number of thiocarbonyl (C=S) groups is 1. The maximum absolute atomic E-state index is 5.66. The molecule has 20 heavy (non-hydrogen) atoms. The lowest BCUT2D eigenvalue weighted by Gasteiger charge is -2.10. The zero-order valence-electron chi connectivity index (χ0n) is 11.1. The molecule has 0 bridgehead atoms. The molecule has 5 heteroatoms. The van der Waals surface area contributed by atoms with Crippen molar-refractivity contribution in [1.29, 1.82) is 0 Å². The van der Waals surface area contributed by atoms with E-state index in [1.807, 2.05) is 36.4 Å². The fourth-order valence-corrected chi connectivity index (χ4v) is 1.88. The Balaban J connectivity index is 1.67. The number of nitrogens with two attached hydrogens (primary N) is 1. The third-order valence-electron chi connectivity index (χ3n) is 2.67. The molecule has 0 fully saturated rings.